The predicted molar refractivity (Wildman–Crippen MR) is 88.9 cm³/mol. The van der Waals surface area contributed by atoms with Gasteiger partial charge in [-0.15, -0.1) is 0 Å². The minimum atomic E-state index is -0.304. The van der Waals surface area contributed by atoms with Gasteiger partial charge in [-0.3, -0.25) is 4.79 Å². The van der Waals surface area contributed by atoms with E-state index < -0.39 is 0 Å². The van der Waals surface area contributed by atoms with E-state index in [-0.39, 0.29) is 23.9 Å². The second-order valence-corrected chi connectivity index (χ2v) is 6.52. The molecule has 1 amide bonds. The summed E-state index contributed by atoms with van der Waals surface area (Å²) in [6.45, 7) is 2.93. The first-order valence-electron chi connectivity index (χ1n) is 8.17. The highest BCUT2D eigenvalue weighted by Crippen LogP contribution is 2.35. The lowest BCUT2D eigenvalue weighted by Crippen LogP contribution is -2.45. The molecule has 0 aromatic heterocycles. The molecule has 1 saturated heterocycles. The Balaban J connectivity index is 1.99. The zero-order valence-corrected chi connectivity index (χ0v) is 13.4. The molecule has 0 radical (unpaired) electrons. The van der Waals surface area contributed by atoms with Gasteiger partial charge in [-0.05, 0) is 50.1 Å². The van der Waals surface area contributed by atoms with Gasteiger partial charge in [-0.25, -0.2) is 4.39 Å². The second-order valence-electron chi connectivity index (χ2n) is 6.52. The first-order chi connectivity index (χ1) is 11.1. The fourth-order valence-corrected chi connectivity index (χ4v) is 3.68. The van der Waals surface area contributed by atoms with Crippen LogP contribution in [0.25, 0.3) is 10.8 Å². The number of rotatable bonds is 4. The predicted octanol–water partition coefficient (Wildman–Crippen LogP) is 3.75. The van der Waals surface area contributed by atoms with Crippen molar-refractivity contribution in [3.05, 3.63) is 47.8 Å². The van der Waals surface area contributed by atoms with Crippen LogP contribution in [0, 0.1) is 5.82 Å². The van der Waals surface area contributed by atoms with E-state index >= 15 is 0 Å². The number of halogens is 1. The van der Waals surface area contributed by atoms with Gasteiger partial charge in [0.1, 0.15) is 5.82 Å². The molecule has 1 fully saturated rings. The van der Waals surface area contributed by atoms with Crippen LogP contribution < -0.4 is 0 Å². The summed E-state index contributed by atoms with van der Waals surface area (Å²) < 4.78 is 14.0. The third kappa shape index (κ3) is 2.83. The van der Waals surface area contributed by atoms with Crippen molar-refractivity contribution in [3.8, 4) is 0 Å². The second kappa shape index (κ2) is 6.28. The Bertz CT molecular complexity index is 730. The Morgan fingerprint density at radius 3 is 2.74 bits per heavy atom. The third-order valence-corrected chi connectivity index (χ3v) is 4.97. The number of benzene rings is 2. The van der Waals surface area contributed by atoms with E-state index in [1.54, 1.807) is 24.3 Å². The molecule has 0 aliphatic carbocycles. The highest BCUT2D eigenvalue weighted by molar-refractivity contribution is 6.07. The molecule has 0 bridgehead atoms. The molecule has 0 unspecified atom stereocenters. The van der Waals surface area contributed by atoms with Gasteiger partial charge in [0.15, 0.2) is 0 Å². The Kier molecular flexibility index (Phi) is 4.35. The number of nitrogens with zero attached hydrogens (tertiary/aromatic N) is 1. The molecule has 0 saturated carbocycles. The van der Waals surface area contributed by atoms with Gasteiger partial charge >= 0.3 is 0 Å². The summed E-state index contributed by atoms with van der Waals surface area (Å²) in [5.41, 5.74) is 0.328. The van der Waals surface area contributed by atoms with Crippen LogP contribution in [-0.4, -0.2) is 34.6 Å². The maximum absolute atomic E-state index is 14.0. The highest BCUT2D eigenvalue weighted by atomic mass is 19.1. The van der Waals surface area contributed by atoms with Crippen LogP contribution in [-0.2, 0) is 0 Å². The van der Waals surface area contributed by atoms with Crippen molar-refractivity contribution in [1.29, 1.82) is 0 Å². The van der Waals surface area contributed by atoms with Crippen molar-refractivity contribution < 1.29 is 14.3 Å². The van der Waals surface area contributed by atoms with Crippen molar-refractivity contribution in [2.75, 3.05) is 13.2 Å². The van der Waals surface area contributed by atoms with E-state index in [1.165, 1.54) is 6.07 Å². The summed E-state index contributed by atoms with van der Waals surface area (Å²) in [6.07, 6.45) is 3.38. The first kappa shape index (κ1) is 15.9. The monoisotopic (exact) mass is 315 g/mol. The molecule has 1 atom stereocenters. The van der Waals surface area contributed by atoms with Gasteiger partial charge in [-0.1, -0.05) is 24.3 Å². The zero-order valence-electron chi connectivity index (χ0n) is 13.4. The van der Waals surface area contributed by atoms with E-state index in [0.717, 1.165) is 19.3 Å². The van der Waals surface area contributed by atoms with E-state index in [4.69, 9.17) is 5.11 Å². The molecular formula is C19H22FNO2. The number of likely N-dealkylation sites (tertiary alicyclic amines) is 1. The van der Waals surface area contributed by atoms with Gasteiger partial charge in [0, 0.05) is 29.6 Å². The van der Waals surface area contributed by atoms with Crippen LogP contribution in [0.15, 0.2) is 36.4 Å². The normalized spacial score (nSPS) is 21.1. The standard InChI is InChI=1S/C19H22FNO2/c1-19(11-5-13-22)10-4-12-21(19)18(23)16-8-9-17(20)15-7-3-2-6-14(15)16/h2-3,6-9,22H,4-5,10-13H2,1H3/t19-/m1/s1. The van der Waals surface area contributed by atoms with Gasteiger partial charge in [0.2, 0.25) is 0 Å². The van der Waals surface area contributed by atoms with E-state index in [1.807, 2.05) is 11.0 Å². The van der Waals surface area contributed by atoms with Crippen LogP contribution in [0.5, 0.6) is 0 Å². The lowest BCUT2D eigenvalue weighted by molar-refractivity contribution is 0.0596. The molecule has 1 heterocycles. The Labute approximate surface area is 135 Å². The minimum absolute atomic E-state index is 0.0425. The lowest BCUT2D eigenvalue weighted by atomic mass is 9.92. The molecule has 2 aromatic carbocycles. The SMILES string of the molecule is C[C@]1(CCCO)CCCN1C(=O)c1ccc(F)c2ccccc12. The maximum atomic E-state index is 14.0. The lowest BCUT2D eigenvalue weighted by Gasteiger charge is -2.35. The minimum Gasteiger partial charge on any atom is -0.396 e. The van der Waals surface area contributed by atoms with Crippen LogP contribution >= 0.6 is 0 Å². The number of aliphatic hydroxyl groups is 1. The van der Waals surface area contributed by atoms with Crippen LogP contribution in [0.3, 0.4) is 0 Å². The quantitative estimate of drug-likeness (QED) is 0.933. The molecule has 1 aliphatic heterocycles. The Morgan fingerprint density at radius 2 is 2.00 bits per heavy atom. The number of hydrogen-bond donors (Lipinski definition) is 1. The number of carbonyl (C=O) groups excluding carboxylic acids is 1. The van der Waals surface area contributed by atoms with E-state index in [9.17, 15) is 9.18 Å². The smallest absolute Gasteiger partial charge is 0.254 e. The average Bonchev–Trinajstić information content (AvgIpc) is 2.95. The molecule has 1 N–H and O–H groups in total. The molecule has 4 heteroatoms. The topological polar surface area (TPSA) is 40.5 Å². The number of carbonyl (C=O) groups is 1. The molecule has 122 valence electrons. The fraction of sp³-hybridized carbons (Fsp3) is 0.421. The van der Waals surface area contributed by atoms with Crippen molar-refractivity contribution in [2.45, 2.75) is 38.1 Å². The van der Waals surface area contributed by atoms with Crippen molar-refractivity contribution in [1.82, 2.24) is 4.90 Å². The van der Waals surface area contributed by atoms with Crippen LogP contribution in [0.4, 0.5) is 4.39 Å². The fourth-order valence-electron chi connectivity index (χ4n) is 3.68. The van der Waals surface area contributed by atoms with Crippen molar-refractivity contribution in [2.24, 2.45) is 0 Å². The largest absolute Gasteiger partial charge is 0.396 e. The van der Waals surface area contributed by atoms with Crippen LogP contribution in [0.2, 0.25) is 0 Å². The summed E-state index contributed by atoms with van der Waals surface area (Å²) in [4.78, 5) is 15.0. The van der Waals surface area contributed by atoms with E-state index in [0.29, 0.717) is 29.3 Å². The summed E-state index contributed by atoms with van der Waals surface area (Å²) in [7, 11) is 0. The molecule has 2 aromatic rings. The summed E-state index contributed by atoms with van der Waals surface area (Å²) >= 11 is 0. The van der Waals surface area contributed by atoms with E-state index in [2.05, 4.69) is 6.92 Å². The summed E-state index contributed by atoms with van der Waals surface area (Å²) in [5.74, 6) is -0.347. The molecule has 3 nitrogen and oxygen atoms in total. The number of aliphatic hydroxyl groups excluding tert-OH is 1. The average molecular weight is 315 g/mol. The number of hydrogen-bond acceptors (Lipinski definition) is 2. The van der Waals surface area contributed by atoms with Gasteiger partial charge < -0.3 is 10.0 Å². The number of amides is 1. The highest BCUT2D eigenvalue weighted by Gasteiger charge is 2.39. The van der Waals surface area contributed by atoms with Crippen molar-refractivity contribution in [3.63, 3.8) is 0 Å². The molecule has 23 heavy (non-hydrogen) atoms. The molecule has 1 aliphatic rings. The molecule has 3 rings (SSSR count). The van der Waals surface area contributed by atoms with Gasteiger partial charge in [-0.2, -0.15) is 0 Å². The Hall–Kier alpha value is -1.94. The molecule has 0 spiro atoms. The zero-order chi connectivity index (χ0) is 16.4. The van der Waals surface area contributed by atoms with Gasteiger partial charge in [0.25, 0.3) is 5.91 Å². The molecular weight excluding hydrogens is 293 g/mol. The third-order valence-electron chi connectivity index (χ3n) is 4.97. The van der Waals surface area contributed by atoms with Gasteiger partial charge in [0.05, 0.1) is 0 Å². The first-order valence-corrected chi connectivity index (χ1v) is 8.17. The summed E-state index contributed by atoms with van der Waals surface area (Å²) in [6, 6.07) is 10.1. The Morgan fingerprint density at radius 1 is 1.26 bits per heavy atom. The summed E-state index contributed by atoms with van der Waals surface area (Å²) in [5, 5.41) is 10.3. The maximum Gasteiger partial charge on any atom is 0.254 e. The number of fused-ring (bicyclic) bond motifs is 1. The van der Waals surface area contributed by atoms with Crippen molar-refractivity contribution >= 4 is 16.7 Å². The van der Waals surface area contributed by atoms with Crippen LogP contribution in [0.1, 0.15) is 43.0 Å².